The molecule has 2 fully saturated rings. The zero-order valence-electron chi connectivity index (χ0n) is 23.8. The summed E-state index contributed by atoms with van der Waals surface area (Å²) in [4.78, 5) is 20.8. The van der Waals surface area contributed by atoms with Gasteiger partial charge in [0.25, 0.3) is 0 Å². The zero-order valence-corrected chi connectivity index (χ0v) is 23.8. The second-order valence-corrected chi connectivity index (χ2v) is 9.51. The van der Waals surface area contributed by atoms with Crippen LogP contribution in [0, 0.1) is 17.7 Å². The van der Waals surface area contributed by atoms with Crippen LogP contribution in [-0.4, -0.2) is 72.1 Å². The fourth-order valence-electron chi connectivity index (χ4n) is 4.06. The fourth-order valence-corrected chi connectivity index (χ4v) is 4.06. The summed E-state index contributed by atoms with van der Waals surface area (Å²) < 4.78 is 34.3. The van der Waals surface area contributed by atoms with E-state index in [1.807, 2.05) is 41.8 Å². The largest absolute Gasteiger partial charge is 0.447 e. The number of carbonyl (C=O) groups excluding carboxylic acids is 1. The third-order valence-electron chi connectivity index (χ3n) is 5.92. The van der Waals surface area contributed by atoms with E-state index in [-0.39, 0.29) is 24.3 Å². The molecule has 0 radical (unpaired) electrons. The molecule has 7 nitrogen and oxygen atoms in total. The van der Waals surface area contributed by atoms with Crippen molar-refractivity contribution in [3.8, 4) is 0 Å². The number of rotatable bonds is 8. The summed E-state index contributed by atoms with van der Waals surface area (Å²) in [6.45, 7) is 13.5. The third kappa shape index (κ3) is 14.6. The first-order chi connectivity index (χ1) is 17.1. The minimum Gasteiger partial charge on any atom is -0.447 e. The van der Waals surface area contributed by atoms with Crippen molar-refractivity contribution in [3.05, 3.63) is 24.5 Å². The first kappa shape index (κ1) is 34.1. The summed E-state index contributed by atoms with van der Waals surface area (Å²) in [6, 6.07) is 0.199. The van der Waals surface area contributed by atoms with E-state index in [2.05, 4.69) is 22.2 Å². The second-order valence-electron chi connectivity index (χ2n) is 9.51. The highest BCUT2D eigenvalue weighted by molar-refractivity contribution is 5.68. The van der Waals surface area contributed by atoms with E-state index < -0.39 is 12.0 Å². The Morgan fingerprint density at radius 3 is 2.14 bits per heavy atom. The third-order valence-corrected chi connectivity index (χ3v) is 5.92. The number of amides is 1. The first-order valence-electron chi connectivity index (χ1n) is 13.4. The summed E-state index contributed by atoms with van der Waals surface area (Å²) in [5.74, 6) is 1.49. The van der Waals surface area contributed by atoms with Crippen LogP contribution >= 0.6 is 0 Å². The van der Waals surface area contributed by atoms with Gasteiger partial charge in [-0.3, -0.25) is 0 Å². The maximum absolute atomic E-state index is 12.3. The molecule has 1 N–H and O–H groups in total. The Bertz CT molecular complexity index is 675. The molecule has 210 valence electrons. The monoisotopic (exact) mass is 516 g/mol. The predicted octanol–water partition coefficient (Wildman–Crippen LogP) is 6.04. The highest BCUT2D eigenvalue weighted by Gasteiger charge is 2.42. The van der Waals surface area contributed by atoms with Gasteiger partial charge in [0.15, 0.2) is 5.82 Å². The van der Waals surface area contributed by atoms with Gasteiger partial charge in [0.1, 0.15) is 6.33 Å². The molecule has 0 spiro atoms. The molecule has 2 aliphatic rings. The van der Waals surface area contributed by atoms with Crippen molar-refractivity contribution < 1.29 is 23.0 Å². The molecule has 5 unspecified atom stereocenters. The van der Waals surface area contributed by atoms with Crippen LogP contribution < -0.4 is 5.32 Å². The van der Waals surface area contributed by atoms with Crippen molar-refractivity contribution in [2.75, 3.05) is 20.7 Å². The lowest BCUT2D eigenvalue weighted by Crippen LogP contribution is -2.52. The molecule has 3 rings (SSSR count). The molecule has 0 aromatic carbocycles. The molecule has 2 aliphatic carbocycles. The van der Waals surface area contributed by atoms with Gasteiger partial charge in [-0.1, -0.05) is 20.8 Å². The van der Waals surface area contributed by atoms with Crippen molar-refractivity contribution in [2.24, 2.45) is 11.8 Å². The van der Waals surface area contributed by atoms with Crippen molar-refractivity contribution in [1.29, 1.82) is 0 Å². The van der Waals surface area contributed by atoms with E-state index in [0.717, 1.165) is 30.7 Å². The average Bonchev–Trinajstić information content (AvgIpc) is 3.62. The highest BCUT2D eigenvalue weighted by atomic mass is 19.1. The summed E-state index contributed by atoms with van der Waals surface area (Å²) in [5, 5.41) is 3.32. The standard InChI is InChI=1S/C18H34N2O3.C4H3FN2.C3H7F.C2H6/c1-6-16(19-4)17(20(5)18(21)23-12(2)3)11-22-15-8-7-13-9-14(13)10-15;5-4-1-6-3-7-2-4;1-3(2)4;1-2/h12-17,19H,6-11H2,1-5H3;1-3H;3H,1-2H3;1-2H3. The van der Waals surface area contributed by atoms with Crippen LogP contribution in [0.1, 0.15) is 80.6 Å². The minimum atomic E-state index is -0.667. The van der Waals surface area contributed by atoms with Crippen LogP contribution in [-0.2, 0) is 9.47 Å². The number of alkyl halides is 1. The molecule has 9 heteroatoms. The van der Waals surface area contributed by atoms with Gasteiger partial charge in [0, 0.05) is 13.1 Å². The van der Waals surface area contributed by atoms with Crippen LogP contribution in [0.2, 0.25) is 0 Å². The molecule has 1 heterocycles. The Kier molecular flexibility index (Phi) is 18.3. The van der Waals surface area contributed by atoms with Crippen LogP contribution in [0.25, 0.3) is 0 Å². The van der Waals surface area contributed by atoms with Crippen LogP contribution in [0.15, 0.2) is 18.7 Å². The van der Waals surface area contributed by atoms with Crippen molar-refractivity contribution in [1.82, 2.24) is 20.2 Å². The number of likely N-dealkylation sites (N-methyl/N-ethyl adjacent to an activating group) is 2. The zero-order chi connectivity index (χ0) is 27.7. The van der Waals surface area contributed by atoms with Gasteiger partial charge in [-0.2, -0.15) is 0 Å². The van der Waals surface area contributed by atoms with Gasteiger partial charge in [-0.15, -0.1) is 0 Å². The number of nitrogens with one attached hydrogen (secondary N) is 1. The molecule has 1 aromatic rings. The summed E-state index contributed by atoms with van der Waals surface area (Å²) in [5.41, 5.74) is 0. The van der Waals surface area contributed by atoms with Crippen molar-refractivity contribution >= 4 is 6.09 Å². The number of fused-ring (bicyclic) bond motifs is 1. The van der Waals surface area contributed by atoms with Crippen LogP contribution in [0.4, 0.5) is 13.6 Å². The Balaban J connectivity index is 0.000000774. The van der Waals surface area contributed by atoms with Crippen LogP contribution in [0.3, 0.4) is 0 Å². The number of halogens is 2. The van der Waals surface area contributed by atoms with E-state index in [1.54, 1.807) is 4.90 Å². The summed E-state index contributed by atoms with van der Waals surface area (Å²) in [7, 11) is 3.76. The smallest absolute Gasteiger partial charge is 0.410 e. The maximum Gasteiger partial charge on any atom is 0.410 e. The lowest BCUT2D eigenvalue weighted by Gasteiger charge is -2.35. The summed E-state index contributed by atoms with van der Waals surface area (Å²) >= 11 is 0. The van der Waals surface area contributed by atoms with Crippen molar-refractivity contribution in [3.63, 3.8) is 0 Å². The quantitative estimate of drug-likeness (QED) is 0.454. The fraction of sp³-hybridized carbons (Fsp3) is 0.815. The molecule has 1 aromatic heterocycles. The van der Waals surface area contributed by atoms with Crippen molar-refractivity contribution in [2.45, 2.75) is 111 Å². The van der Waals surface area contributed by atoms with Gasteiger partial charge in [0.05, 0.1) is 43.4 Å². The van der Waals surface area contributed by atoms with E-state index in [1.165, 1.54) is 45.9 Å². The van der Waals surface area contributed by atoms with Gasteiger partial charge >= 0.3 is 6.09 Å². The van der Waals surface area contributed by atoms with E-state index >= 15 is 0 Å². The number of carbonyl (C=O) groups is 1. The van der Waals surface area contributed by atoms with E-state index in [4.69, 9.17) is 9.47 Å². The lowest BCUT2D eigenvalue weighted by atomic mass is 9.97. The molecule has 5 atom stereocenters. The number of hydrogen-bond donors (Lipinski definition) is 1. The molecule has 0 saturated heterocycles. The molecular formula is C27H50F2N4O3. The second kappa shape index (κ2) is 19.3. The summed E-state index contributed by atoms with van der Waals surface area (Å²) in [6.07, 6.45) is 8.84. The number of hydrogen-bond acceptors (Lipinski definition) is 6. The van der Waals surface area contributed by atoms with Gasteiger partial charge in [-0.25, -0.2) is 23.5 Å². The minimum absolute atomic E-state index is 0.00632. The Hall–Kier alpha value is -1.87. The molecular weight excluding hydrogens is 466 g/mol. The molecule has 0 aliphatic heterocycles. The molecule has 2 saturated carbocycles. The Morgan fingerprint density at radius 2 is 1.72 bits per heavy atom. The van der Waals surface area contributed by atoms with Gasteiger partial charge < -0.3 is 19.7 Å². The maximum atomic E-state index is 12.3. The normalized spacial score (nSPS) is 21.3. The molecule has 1 amide bonds. The van der Waals surface area contributed by atoms with E-state index in [0.29, 0.717) is 12.7 Å². The number of aromatic nitrogens is 2. The van der Waals surface area contributed by atoms with Gasteiger partial charge in [-0.05, 0) is 78.7 Å². The van der Waals surface area contributed by atoms with E-state index in [9.17, 15) is 13.6 Å². The first-order valence-corrected chi connectivity index (χ1v) is 13.4. The average molecular weight is 517 g/mol. The lowest BCUT2D eigenvalue weighted by molar-refractivity contribution is -0.0173. The number of nitrogens with zero attached hydrogens (tertiary/aromatic N) is 3. The van der Waals surface area contributed by atoms with Crippen LogP contribution in [0.5, 0.6) is 0 Å². The molecule has 36 heavy (non-hydrogen) atoms. The number of ether oxygens (including phenoxy) is 2. The Morgan fingerprint density at radius 1 is 1.14 bits per heavy atom. The SMILES string of the molecule is CC.CC(C)F.CCC(NC)C(COC1CCC2CC2C1)N(C)C(=O)OC(C)C.Fc1cncnc1. The predicted molar refractivity (Wildman–Crippen MR) is 141 cm³/mol. The van der Waals surface area contributed by atoms with Gasteiger partial charge in [0.2, 0.25) is 0 Å². The Labute approximate surface area is 217 Å². The molecule has 0 bridgehead atoms. The highest BCUT2D eigenvalue weighted by Crippen LogP contribution is 2.50. The topological polar surface area (TPSA) is 76.6 Å².